The molecule has 7 heteroatoms. The first-order chi connectivity index (χ1) is 17.5. The highest BCUT2D eigenvalue weighted by molar-refractivity contribution is 6.61. The van der Waals surface area contributed by atoms with Gasteiger partial charge in [-0.1, -0.05) is 52.0 Å². The quantitative estimate of drug-likeness (QED) is 0.358. The Hall–Kier alpha value is -1.96. The van der Waals surface area contributed by atoms with E-state index in [4.69, 9.17) is 9.39 Å². The normalized spacial score (nSPS) is 41.0. The molecule has 2 N–H and O–H groups in total. The van der Waals surface area contributed by atoms with Crippen LogP contribution in [0.5, 0.6) is 0 Å². The number of fused-ring (bicyclic) bond motifs is 1. The lowest BCUT2D eigenvalue weighted by molar-refractivity contribution is -0.206. The first-order valence-electron chi connectivity index (χ1n) is 13.9. The van der Waals surface area contributed by atoms with Crippen LogP contribution >= 0.6 is 0 Å². The zero-order chi connectivity index (χ0) is 26.8. The average Bonchev–Trinajstić information content (AvgIpc) is 3.43. The molecule has 0 amide bonds. The molecule has 0 radical (unpaired) electrons. The molecule has 5 rings (SSSR count). The van der Waals surface area contributed by atoms with E-state index in [1.807, 2.05) is 31.2 Å². The van der Waals surface area contributed by atoms with E-state index in [0.29, 0.717) is 25.9 Å². The molecular weight excluding hydrogens is 467 g/mol. The molecule has 6 nitrogen and oxygen atoms in total. The van der Waals surface area contributed by atoms with Gasteiger partial charge in [-0.25, -0.2) is 0 Å². The average molecular weight is 508 g/mol. The zero-order valence-electron chi connectivity index (χ0n) is 22.7. The van der Waals surface area contributed by atoms with E-state index in [2.05, 4.69) is 27.4 Å². The number of benzene rings is 1. The predicted molar refractivity (Wildman–Crippen MR) is 142 cm³/mol. The van der Waals surface area contributed by atoms with E-state index in [1.54, 1.807) is 0 Å². The van der Waals surface area contributed by atoms with Crippen molar-refractivity contribution in [2.75, 3.05) is 0 Å². The summed E-state index contributed by atoms with van der Waals surface area (Å²) in [6, 6.07) is 5.81. The molecule has 0 spiro atoms. The van der Waals surface area contributed by atoms with Gasteiger partial charge in [-0.3, -0.25) is 9.59 Å². The summed E-state index contributed by atoms with van der Waals surface area (Å²) in [5.41, 5.74) is 1.25. The summed E-state index contributed by atoms with van der Waals surface area (Å²) in [5, 5.41) is 21.7. The number of carbonyl (C=O) groups is 2. The van der Waals surface area contributed by atoms with E-state index in [-0.39, 0.29) is 41.3 Å². The van der Waals surface area contributed by atoms with E-state index < -0.39 is 30.2 Å². The third-order valence-electron chi connectivity index (χ3n) is 11.1. The third-order valence-corrected chi connectivity index (χ3v) is 11.1. The van der Waals surface area contributed by atoms with Crippen LogP contribution < -0.4 is 5.46 Å². The summed E-state index contributed by atoms with van der Waals surface area (Å²) in [6.45, 7) is 12.9. The van der Waals surface area contributed by atoms with E-state index >= 15 is 0 Å². The van der Waals surface area contributed by atoms with Gasteiger partial charge in [-0.2, -0.15) is 0 Å². The molecular formula is C30H41BO6. The van der Waals surface area contributed by atoms with E-state index in [0.717, 1.165) is 35.9 Å². The number of rotatable bonds is 5. The summed E-state index contributed by atoms with van der Waals surface area (Å²) >= 11 is 0. The van der Waals surface area contributed by atoms with Gasteiger partial charge in [0.15, 0.2) is 0 Å². The van der Waals surface area contributed by atoms with Crippen LogP contribution in [0, 0.1) is 34.0 Å². The van der Waals surface area contributed by atoms with Crippen molar-refractivity contribution < 1.29 is 29.1 Å². The smallest absolute Gasteiger partial charge is 0.462 e. The topological polar surface area (TPSA) is 93.1 Å². The van der Waals surface area contributed by atoms with Crippen molar-refractivity contribution in [1.82, 2.24) is 0 Å². The molecule has 3 saturated carbocycles. The Labute approximate surface area is 221 Å². The largest absolute Gasteiger partial charge is 0.491 e. The number of ether oxygens (including phenoxy) is 1. The molecule has 1 heterocycles. The second kappa shape index (κ2) is 9.35. The van der Waals surface area contributed by atoms with Crippen LogP contribution in [-0.2, 0) is 32.0 Å². The fourth-order valence-electron chi connectivity index (χ4n) is 8.39. The second-order valence-electron chi connectivity index (χ2n) is 12.8. The monoisotopic (exact) mass is 508 g/mol. The lowest BCUT2D eigenvalue weighted by atomic mass is 9.44. The molecule has 3 fully saturated rings. The molecule has 37 heavy (non-hydrogen) atoms. The third kappa shape index (κ3) is 4.04. The molecule has 4 aliphatic rings. The van der Waals surface area contributed by atoms with Crippen molar-refractivity contribution in [3.05, 3.63) is 42.0 Å². The first-order valence-corrected chi connectivity index (χ1v) is 13.9. The minimum absolute atomic E-state index is 0.0467. The lowest BCUT2D eigenvalue weighted by Crippen LogP contribution is -2.63. The first kappa shape index (κ1) is 26.6. The van der Waals surface area contributed by atoms with Gasteiger partial charge in [0.25, 0.3) is 0 Å². The molecule has 0 aromatic heterocycles. The fourth-order valence-corrected chi connectivity index (χ4v) is 8.39. The Kier molecular flexibility index (Phi) is 6.74. The van der Waals surface area contributed by atoms with Crippen LogP contribution in [0.3, 0.4) is 0 Å². The highest BCUT2D eigenvalue weighted by Crippen LogP contribution is 2.68. The molecule has 8 atom stereocenters. The number of carbonyl (C=O) groups excluding carboxylic acids is 2. The number of hydrogen-bond acceptors (Lipinski definition) is 6. The van der Waals surface area contributed by atoms with Crippen molar-refractivity contribution in [1.29, 1.82) is 0 Å². The minimum atomic E-state index is -0.917. The zero-order valence-corrected chi connectivity index (χ0v) is 22.7. The maximum Gasteiger partial charge on any atom is 0.491 e. The van der Waals surface area contributed by atoms with Crippen molar-refractivity contribution in [2.45, 2.75) is 91.5 Å². The Bertz CT molecular complexity index is 1100. The van der Waals surface area contributed by atoms with Gasteiger partial charge in [0.1, 0.15) is 11.9 Å². The van der Waals surface area contributed by atoms with Crippen LogP contribution in [0.15, 0.2) is 30.9 Å². The summed E-state index contributed by atoms with van der Waals surface area (Å²) in [7, 11) is -0.917. The van der Waals surface area contributed by atoms with Gasteiger partial charge >= 0.3 is 13.1 Å². The number of hydrogen-bond donors (Lipinski definition) is 2. The molecule has 0 saturated heterocycles. The second-order valence-corrected chi connectivity index (χ2v) is 12.8. The fraction of sp³-hybridized carbons (Fsp3) is 0.667. The highest BCUT2D eigenvalue weighted by atomic mass is 16.5. The standard InChI is InChI=1S/C30H41BO6/c1-6-28(4)16-24(37-25(33)10-8-20-7-9-21-17-36-31(35)22(21)15-20)29(5)18(2)11-13-30(19(3)27(28)34)14-12-23(32)26(29)30/h6-7,9,15,18-19,24,26-27,34-35H,1,8,10-14,16-17H2,2-5H3/t18-,19+,24-,26+,27+,28-,29+,30+/m1/s1. The SMILES string of the molecule is C=C[C@]1(C)C[C@@H](OC(=O)CCc2ccc3c(c2)B(O)OC3)[C@]2(C)[C@H](C)CC[C@]3(CCC(=O)[C@H]32)[C@@H](C)[C@@H]1O. The van der Waals surface area contributed by atoms with Crippen LogP contribution in [0.1, 0.15) is 77.3 Å². The molecule has 1 aromatic rings. The van der Waals surface area contributed by atoms with Crippen LogP contribution in [0.25, 0.3) is 0 Å². The summed E-state index contributed by atoms with van der Waals surface area (Å²) in [4.78, 5) is 26.8. The molecule has 1 aliphatic heterocycles. The Morgan fingerprint density at radius 1 is 1.30 bits per heavy atom. The van der Waals surface area contributed by atoms with E-state index in [1.165, 1.54) is 0 Å². The van der Waals surface area contributed by atoms with Gasteiger partial charge in [0, 0.05) is 29.6 Å². The maximum atomic E-state index is 13.5. The van der Waals surface area contributed by atoms with Crippen LogP contribution in [0.2, 0.25) is 0 Å². The van der Waals surface area contributed by atoms with Gasteiger partial charge in [0.05, 0.1) is 12.7 Å². The predicted octanol–water partition coefficient (Wildman–Crippen LogP) is 3.74. The van der Waals surface area contributed by atoms with Gasteiger partial charge in [-0.05, 0) is 65.9 Å². The highest BCUT2D eigenvalue weighted by Gasteiger charge is 2.68. The van der Waals surface area contributed by atoms with Gasteiger partial charge < -0.3 is 19.5 Å². The summed E-state index contributed by atoms with van der Waals surface area (Å²) in [6.07, 6.45) is 4.98. The molecule has 1 aromatic carbocycles. The molecule has 3 aliphatic carbocycles. The number of aliphatic hydroxyl groups excluding tert-OH is 1. The van der Waals surface area contributed by atoms with Crippen LogP contribution in [-0.4, -0.2) is 41.2 Å². The van der Waals surface area contributed by atoms with Gasteiger partial charge in [-0.15, -0.1) is 6.58 Å². The Morgan fingerprint density at radius 3 is 2.78 bits per heavy atom. The number of aliphatic hydroxyl groups is 1. The Morgan fingerprint density at radius 2 is 2.05 bits per heavy atom. The maximum absolute atomic E-state index is 13.5. The molecule has 200 valence electrons. The molecule has 2 bridgehead atoms. The Balaban J connectivity index is 1.43. The van der Waals surface area contributed by atoms with Crippen molar-refractivity contribution in [3.8, 4) is 0 Å². The number of aryl methyl sites for hydroxylation is 1. The minimum Gasteiger partial charge on any atom is -0.462 e. The lowest BCUT2D eigenvalue weighted by Gasteiger charge is -2.61. The van der Waals surface area contributed by atoms with Crippen molar-refractivity contribution >= 4 is 24.3 Å². The molecule has 0 unspecified atom stereocenters. The summed E-state index contributed by atoms with van der Waals surface area (Å²) < 4.78 is 11.6. The van der Waals surface area contributed by atoms with E-state index in [9.17, 15) is 19.7 Å². The summed E-state index contributed by atoms with van der Waals surface area (Å²) in [5.74, 6) is -0.101. The number of esters is 1. The number of Topliss-reactive ketones (excluding diaryl/α,β-unsaturated/α-hetero) is 1. The van der Waals surface area contributed by atoms with Crippen LogP contribution in [0.4, 0.5) is 0 Å². The van der Waals surface area contributed by atoms with Gasteiger partial charge in [0.2, 0.25) is 0 Å². The van der Waals surface area contributed by atoms with Crippen molar-refractivity contribution in [3.63, 3.8) is 0 Å². The number of ketones is 1. The van der Waals surface area contributed by atoms with Crippen molar-refractivity contribution in [2.24, 2.45) is 34.0 Å².